The van der Waals surface area contributed by atoms with Crippen LogP contribution in [0.1, 0.15) is 16.5 Å². The van der Waals surface area contributed by atoms with Crippen LogP contribution in [0.15, 0.2) is 41.5 Å². The number of benzene rings is 1. The number of halogens is 2. The number of fused-ring (bicyclic) bond motifs is 1. The monoisotopic (exact) mass is 211 g/mol. The molecule has 3 heteroatoms. The van der Waals surface area contributed by atoms with Gasteiger partial charge in [-0.2, -0.15) is 0 Å². The molecule has 1 atom stereocenters. The van der Waals surface area contributed by atoms with Crippen molar-refractivity contribution in [3.8, 4) is 0 Å². The van der Waals surface area contributed by atoms with Gasteiger partial charge in [0, 0.05) is 5.56 Å². The topological polar surface area (TPSA) is 12.4 Å². The van der Waals surface area contributed by atoms with Crippen molar-refractivity contribution in [1.82, 2.24) is 0 Å². The average Bonchev–Trinajstić information content (AvgIpc) is 2.15. The van der Waals surface area contributed by atoms with Crippen molar-refractivity contribution in [3.05, 3.63) is 47.7 Å². The molecule has 1 aromatic rings. The Bertz CT molecular complexity index is 396. The van der Waals surface area contributed by atoms with Gasteiger partial charge in [-0.15, -0.1) is 11.6 Å². The van der Waals surface area contributed by atoms with Gasteiger partial charge in [0.2, 0.25) is 0 Å². The molecule has 0 amide bonds. The molecule has 0 spiro atoms. The summed E-state index contributed by atoms with van der Waals surface area (Å²) in [5.74, 6) is 0. The van der Waals surface area contributed by atoms with Crippen LogP contribution in [-0.2, 0) is 0 Å². The Hall–Kier alpha value is -0.790. The molecule has 1 aliphatic heterocycles. The van der Waals surface area contributed by atoms with Gasteiger partial charge in [0.25, 0.3) is 0 Å². The van der Waals surface area contributed by atoms with Crippen molar-refractivity contribution < 1.29 is 0 Å². The van der Waals surface area contributed by atoms with Crippen LogP contribution in [0.25, 0.3) is 0 Å². The van der Waals surface area contributed by atoms with Gasteiger partial charge in [0.05, 0.1) is 5.70 Å². The molecule has 66 valence electrons. The summed E-state index contributed by atoms with van der Waals surface area (Å²) in [4.78, 5) is 4.06. The van der Waals surface area contributed by atoms with E-state index in [9.17, 15) is 0 Å². The fourth-order valence-electron chi connectivity index (χ4n) is 1.33. The Kier molecular flexibility index (Phi) is 2.14. The van der Waals surface area contributed by atoms with Crippen molar-refractivity contribution in [1.29, 1.82) is 0 Å². The maximum Gasteiger partial charge on any atom is 0.136 e. The first kappa shape index (κ1) is 8.79. The summed E-state index contributed by atoms with van der Waals surface area (Å²) in [6.07, 6.45) is 0. The molecule has 1 unspecified atom stereocenters. The Morgan fingerprint density at radius 2 is 2.00 bits per heavy atom. The van der Waals surface area contributed by atoms with Crippen LogP contribution in [-0.4, -0.2) is 5.17 Å². The second-order valence-corrected chi connectivity index (χ2v) is 3.64. The second kappa shape index (κ2) is 3.17. The minimum absolute atomic E-state index is 0.251. The normalized spacial score (nSPS) is 20.9. The van der Waals surface area contributed by atoms with Crippen LogP contribution in [0.5, 0.6) is 0 Å². The lowest BCUT2D eigenvalue weighted by molar-refractivity contribution is 1.05. The van der Waals surface area contributed by atoms with Crippen LogP contribution in [0, 0.1) is 0 Å². The fourth-order valence-corrected chi connectivity index (χ4v) is 1.85. The first-order chi connectivity index (χ1) is 6.20. The molecule has 1 heterocycles. The number of alkyl halides is 1. The van der Waals surface area contributed by atoms with Crippen LogP contribution in [0.2, 0.25) is 0 Å². The highest BCUT2D eigenvalue weighted by Crippen LogP contribution is 2.35. The third kappa shape index (κ3) is 1.38. The zero-order chi connectivity index (χ0) is 9.42. The Labute approximate surface area is 86.7 Å². The number of aliphatic imine (C=N–C) groups is 1. The van der Waals surface area contributed by atoms with Crippen molar-refractivity contribution in [2.45, 2.75) is 5.38 Å². The van der Waals surface area contributed by atoms with Crippen molar-refractivity contribution in [2.24, 2.45) is 4.99 Å². The van der Waals surface area contributed by atoms with E-state index in [2.05, 4.69) is 11.6 Å². The third-order valence-corrected chi connectivity index (χ3v) is 2.77. The quantitative estimate of drug-likeness (QED) is 0.583. The highest BCUT2D eigenvalue weighted by Gasteiger charge is 2.22. The van der Waals surface area contributed by atoms with Crippen molar-refractivity contribution >= 4 is 28.4 Å². The van der Waals surface area contributed by atoms with Crippen LogP contribution in [0.4, 0.5) is 0 Å². The third-order valence-electron chi connectivity index (χ3n) is 1.99. The van der Waals surface area contributed by atoms with E-state index >= 15 is 0 Å². The maximum absolute atomic E-state index is 6.10. The fraction of sp³-hybridized carbons (Fsp3) is 0.100. The van der Waals surface area contributed by atoms with E-state index in [1.165, 1.54) is 0 Å². The lowest BCUT2D eigenvalue weighted by Gasteiger charge is -2.18. The van der Waals surface area contributed by atoms with E-state index in [4.69, 9.17) is 23.2 Å². The van der Waals surface area contributed by atoms with Crippen LogP contribution in [0.3, 0.4) is 0 Å². The maximum atomic E-state index is 6.10. The minimum Gasteiger partial charge on any atom is -0.239 e. The molecule has 0 bridgehead atoms. The summed E-state index contributed by atoms with van der Waals surface area (Å²) < 4.78 is 0. The van der Waals surface area contributed by atoms with E-state index in [1.54, 1.807) is 0 Å². The first-order valence-electron chi connectivity index (χ1n) is 3.86. The lowest BCUT2D eigenvalue weighted by Crippen LogP contribution is -2.08. The zero-order valence-electron chi connectivity index (χ0n) is 6.80. The Balaban J connectivity index is 2.65. The van der Waals surface area contributed by atoms with Gasteiger partial charge in [-0.1, -0.05) is 42.4 Å². The SMILES string of the molecule is C=C1N=C(Cl)c2ccccc2C1Cl. The molecule has 0 radical (unpaired) electrons. The van der Waals surface area contributed by atoms with Crippen molar-refractivity contribution in [3.63, 3.8) is 0 Å². The molecule has 0 aliphatic carbocycles. The predicted molar refractivity (Wildman–Crippen MR) is 56.6 cm³/mol. The summed E-state index contributed by atoms with van der Waals surface area (Å²) in [6, 6.07) is 7.68. The minimum atomic E-state index is -0.251. The van der Waals surface area contributed by atoms with Gasteiger partial charge < -0.3 is 0 Å². The number of nitrogens with zero attached hydrogens (tertiary/aromatic N) is 1. The second-order valence-electron chi connectivity index (χ2n) is 2.84. The molecule has 1 nitrogen and oxygen atoms in total. The van der Waals surface area contributed by atoms with Crippen LogP contribution >= 0.6 is 23.2 Å². The summed E-state index contributed by atoms with van der Waals surface area (Å²) in [5, 5.41) is 0.219. The number of rotatable bonds is 0. The molecule has 0 saturated heterocycles. The summed E-state index contributed by atoms with van der Waals surface area (Å²) in [6.45, 7) is 3.74. The highest BCUT2D eigenvalue weighted by atomic mass is 35.5. The van der Waals surface area contributed by atoms with E-state index in [0.29, 0.717) is 10.9 Å². The van der Waals surface area contributed by atoms with Crippen LogP contribution < -0.4 is 0 Å². The Morgan fingerprint density at radius 1 is 1.31 bits per heavy atom. The lowest BCUT2D eigenvalue weighted by atomic mass is 10.0. The van der Waals surface area contributed by atoms with Gasteiger partial charge in [-0.3, -0.25) is 0 Å². The molecule has 0 fully saturated rings. The summed E-state index contributed by atoms with van der Waals surface area (Å²) >= 11 is 12.0. The number of hydrogen-bond acceptors (Lipinski definition) is 1. The average molecular weight is 212 g/mol. The van der Waals surface area contributed by atoms with Crippen molar-refractivity contribution in [2.75, 3.05) is 0 Å². The predicted octanol–water partition coefficient (Wildman–Crippen LogP) is 3.48. The van der Waals surface area contributed by atoms with Gasteiger partial charge >= 0.3 is 0 Å². The van der Waals surface area contributed by atoms with Gasteiger partial charge in [0.1, 0.15) is 10.5 Å². The zero-order valence-corrected chi connectivity index (χ0v) is 8.31. The van der Waals surface area contributed by atoms with Gasteiger partial charge in [-0.25, -0.2) is 4.99 Å². The van der Waals surface area contributed by atoms with Gasteiger partial charge in [0.15, 0.2) is 0 Å². The summed E-state index contributed by atoms with van der Waals surface area (Å²) in [5.41, 5.74) is 2.48. The molecule has 2 rings (SSSR count). The molecule has 0 saturated carbocycles. The van der Waals surface area contributed by atoms with E-state index in [-0.39, 0.29) is 5.38 Å². The smallest absolute Gasteiger partial charge is 0.136 e. The molecule has 1 aliphatic rings. The largest absolute Gasteiger partial charge is 0.239 e. The molecule has 0 N–H and O–H groups in total. The first-order valence-corrected chi connectivity index (χ1v) is 4.68. The van der Waals surface area contributed by atoms with E-state index in [0.717, 1.165) is 11.1 Å². The highest BCUT2D eigenvalue weighted by molar-refractivity contribution is 6.70. The Morgan fingerprint density at radius 3 is 2.77 bits per heavy atom. The molecule has 0 aromatic heterocycles. The van der Waals surface area contributed by atoms with E-state index in [1.807, 2.05) is 24.3 Å². The standard InChI is InChI=1S/C10H7Cl2N/c1-6-9(11)7-4-2-3-5-8(7)10(12)13-6/h2-5,9H,1H2. The molecule has 13 heavy (non-hydrogen) atoms. The molecular formula is C10H7Cl2N. The number of allylic oxidation sites excluding steroid dienone is 1. The number of hydrogen-bond donors (Lipinski definition) is 0. The van der Waals surface area contributed by atoms with E-state index < -0.39 is 0 Å². The summed E-state index contributed by atoms with van der Waals surface area (Å²) in [7, 11) is 0. The molecular weight excluding hydrogens is 205 g/mol. The van der Waals surface area contributed by atoms with Gasteiger partial charge in [-0.05, 0) is 5.56 Å². The molecule has 1 aromatic carbocycles.